The van der Waals surface area contributed by atoms with Gasteiger partial charge in [0.15, 0.2) is 0 Å². The molecule has 14 heavy (non-hydrogen) atoms. The van der Waals surface area contributed by atoms with E-state index in [-0.39, 0.29) is 4.68 Å². The number of hydrogen-bond donors (Lipinski definition) is 1. The van der Waals surface area contributed by atoms with E-state index in [4.69, 9.17) is 5.73 Å². The van der Waals surface area contributed by atoms with Crippen molar-refractivity contribution in [1.82, 2.24) is 9.78 Å². The molecule has 0 aliphatic heterocycles. The second-order valence-electron chi connectivity index (χ2n) is 3.04. The molecule has 1 rings (SSSR count). The van der Waals surface area contributed by atoms with Crippen LogP contribution >= 0.6 is 0 Å². The summed E-state index contributed by atoms with van der Waals surface area (Å²) in [6.45, 7) is 2.03. The molecule has 0 aliphatic carbocycles. The van der Waals surface area contributed by atoms with Gasteiger partial charge in [-0.2, -0.15) is 9.78 Å². The molecule has 1 aromatic rings. The summed E-state index contributed by atoms with van der Waals surface area (Å²) in [5, 5.41) is 3.39. The first-order valence-electron chi connectivity index (χ1n) is 4.27. The van der Waals surface area contributed by atoms with Gasteiger partial charge in [0, 0.05) is 6.20 Å². The molecule has 0 unspecified atom stereocenters. The van der Waals surface area contributed by atoms with Crippen molar-refractivity contribution >= 4 is 0 Å². The highest BCUT2D eigenvalue weighted by Gasteiger charge is 2.32. The molecule has 6 heteroatoms. The third-order valence-electron chi connectivity index (χ3n) is 1.91. The van der Waals surface area contributed by atoms with Crippen LogP contribution in [0.1, 0.15) is 17.7 Å². The first-order valence-corrected chi connectivity index (χ1v) is 4.27. The molecule has 0 aliphatic rings. The monoisotopic (exact) mass is 207 g/mol. The zero-order valence-corrected chi connectivity index (χ0v) is 7.80. The molecule has 0 radical (unpaired) electrons. The summed E-state index contributed by atoms with van der Waals surface area (Å²) < 4.78 is 36.6. The van der Waals surface area contributed by atoms with Crippen LogP contribution in [0.4, 0.5) is 13.2 Å². The van der Waals surface area contributed by atoms with E-state index in [1.807, 2.05) is 0 Å². The van der Waals surface area contributed by atoms with Gasteiger partial charge in [0.2, 0.25) is 0 Å². The first-order chi connectivity index (χ1) is 6.45. The fourth-order valence-corrected chi connectivity index (χ4v) is 1.16. The average molecular weight is 207 g/mol. The Labute approximate surface area is 79.7 Å². The maximum atomic E-state index is 12.2. The number of aryl methyl sites for hydroxylation is 2. The molecule has 0 saturated heterocycles. The zero-order valence-electron chi connectivity index (χ0n) is 7.80. The number of nitrogens with zero attached hydrogens (tertiary/aromatic N) is 2. The van der Waals surface area contributed by atoms with Gasteiger partial charge >= 0.3 is 6.30 Å². The number of hydrogen-bond acceptors (Lipinski definition) is 2. The summed E-state index contributed by atoms with van der Waals surface area (Å²) >= 11 is 0. The van der Waals surface area contributed by atoms with Gasteiger partial charge in [0.05, 0.1) is 5.69 Å². The van der Waals surface area contributed by atoms with Gasteiger partial charge in [-0.25, -0.2) is 0 Å². The van der Waals surface area contributed by atoms with Crippen molar-refractivity contribution in [3.63, 3.8) is 0 Å². The second kappa shape index (κ2) is 4.00. The first kappa shape index (κ1) is 11.0. The van der Waals surface area contributed by atoms with Gasteiger partial charge in [-0.1, -0.05) is 0 Å². The van der Waals surface area contributed by atoms with E-state index in [0.717, 1.165) is 6.20 Å². The minimum atomic E-state index is -4.42. The predicted octanol–water partition coefficient (Wildman–Crippen LogP) is 1.56. The highest BCUT2D eigenvalue weighted by molar-refractivity contribution is 5.15. The lowest BCUT2D eigenvalue weighted by atomic mass is 10.1. The second-order valence-corrected chi connectivity index (χ2v) is 3.04. The molecule has 0 aromatic carbocycles. The smallest absolute Gasteiger partial charge is 0.330 e. The minimum Gasteiger partial charge on any atom is -0.330 e. The molecular weight excluding hydrogens is 195 g/mol. The zero-order chi connectivity index (χ0) is 10.8. The Morgan fingerprint density at radius 1 is 1.50 bits per heavy atom. The highest BCUT2D eigenvalue weighted by Crippen LogP contribution is 2.22. The summed E-state index contributed by atoms with van der Waals surface area (Å²) in [5.74, 6) is 0. The van der Waals surface area contributed by atoms with Crippen molar-refractivity contribution < 1.29 is 13.2 Å². The predicted molar refractivity (Wildman–Crippen MR) is 45.6 cm³/mol. The van der Waals surface area contributed by atoms with E-state index >= 15 is 0 Å². The lowest BCUT2D eigenvalue weighted by Crippen LogP contribution is -2.17. The summed E-state index contributed by atoms with van der Waals surface area (Å²) in [7, 11) is 0. The molecule has 0 amide bonds. The lowest BCUT2D eigenvalue weighted by Gasteiger charge is -2.03. The van der Waals surface area contributed by atoms with Crippen LogP contribution < -0.4 is 5.73 Å². The van der Waals surface area contributed by atoms with Crippen molar-refractivity contribution in [1.29, 1.82) is 0 Å². The van der Waals surface area contributed by atoms with Crippen LogP contribution in [0.5, 0.6) is 0 Å². The van der Waals surface area contributed by atoms with Crippen molar-refractivity contribution in [3.05, 3.63) is 17.5 Å². The Morgan fingerprint density at radius 3 is 2.57 bits per heavy atom. The van der Waals surface area contributed by atoms with E-state index in [1.54, 1.807) is 6.92 Å². The van der Waals surface area contributed by atoms with Crippen LogP contribution in [0.25, 0.3) is 0 Å². The van der Waals surface area contributed by atoms with Gasteiger partial charge in [-0.05, 0) is 31.9 Å². The van der Waals surface area contributed by atoms with Gasteiger partial charge in [-0.3, -0.25) is 0 Å². The lowest BCUT2D eigenvalue weighted by molar-refractivity contribution is -0.212. The maximum absolute atomic E-state index is 12.2. The molecule has 1 aromatic heterocycles. The van der Waals surface area contributed by atoms with Crippen molar-refractivity contribution in [2.24, 2.45) is 5.73 Å². The van der Waals surface area contributed by atoms with Crippen LogP contribution in [0, 0.1) is 6.92 Å². The molecular formula is C8H12F3N3. The van der Waals surface area contributed by atoms with Crippen LogP contribution in [0.3, 0.4) is 0 Å². The van der Waals surface area contributed by atoms with E-state index < -0.39 is 6.30 Å². The third-order valence-corrected chi connectivity index (χ3v) is 1.91. The number of rotatable bonds is 3. The quantitative estimate of drug-likeness (QED) is 0.817. The average Bonchev–Trinajstić information content (AvgIpc) is 2.43. The molecule has 0 saturated carbocycles. The SMILES string of the molecule is Cc1nn(C(F)(F)F)cc1CCCN. The number of alkyl halides is 3. The third kappa shape index (κ3) is 2.47. The number of nitrogens with two attached hydrogens (primary N) is 1. The summed E-state index contributed by atoms with van der Waals surface area (Å²) in [6.07, 6.45) is -2.19. The minimum absolute atomic E-state index is 0.0359. The molecule has 0 bridgehead atoms. The van der Waals surface area contributed by atoms with Crippen LogP contribution in [-0.2, 0) is 12.7 Å². The van der Waals surface area contributed by atoms with E-state index in [9.17, 15) is 13.2 Å². The van der Waals surface area contributed by atoms with Gasteiger partial charge in [0.25, 0.3) is 0 Å². The fraction of sp³-hybridized carbons (Fsp3) is 0.625. The molecule has 1 heterocycles. The molecule has 80 valence electrons. The normalized spacial score (nSPS) is 12.1. The Hall–Kier alpha value is -1.04. The molecule has 0 atom stereocenters. The summed E-state index contributed by atoms with van der Waals surface area (Å²) in [4.78, 5) is 0. The Morgan fingerprint density at radius 2 is 2.14 bits per heavy atom. The standard InChI is InChI=1S/C8H12F3N3/c1-6-7(3-2-4-12)5-14(13-6)8(9,10)11/h5H,2-4,12H2,1H3. The Balaban J connectivity index is 2.82. The van der Waals surface area contributed by atoms with Crippen LogP contribution in [0.2, 0.25) is 0 Å². The molecule has 0 spiro atoms. The van der Waals surface area contributed by atoms with Crippen molar-refractivity contribution in [3.8, 4) is 0 Å². The Bertz CT molecular complexity index is 303. The largest absolute Gasteiger partial charge is 0.504 e. The summed E-state index contributed by atoms with van der Waals surface area (Å²) in [5.41, 5.74) is 6.29. The van der Waals surface area contributed by atoms with Crippen molar-refractivity contribution in [2.45, 2.75) is 26.1 Å². The van der Waals surface area contributed by atoms with Gasteiger partial charge in [0.1, 0.15) is 0 Å². The Kier molecular flexibility index (Phi) is 3.15. The number of aromatic nitrogens is 2. The number of halogens is 3. The fourth-order valence-electron chi connectivity index (χ4n) is 1.16. The molecule has 0 fully saturated rings. The topological polar surface area (TPSA) is 43.8 Å². The maximum Gasteiger partial charge on any atom is 0.504 e. The van der Waals surface area contributed by atoms with E-state index in [0.29, 0.717) is 30.6 Å². The van der Waals surface area contributed by atoms with Crippen molar-refractivity contribution in [2.75, 3.05) is 6.54 Å². The molecule has 2 N–H and O–H groups in total. The highest BCUT2D eigenvalue weighted by atomic mass is 19.4. The molecule has 3 nitrogen and oxygen atoms in total. The van der Waals surface area contributed by atoms with Gasteiger partial charge in [-0.15, -0.1) is 13.2 Å². The van der Waals surface area contributed by atoms with E-state index in [2.05, 4.69) is 5.10 Å². The van der Waals surface area contributed by atoms with Crippen LogP contribution in [0.15, 0.2) is 6.20 Å². The summed E-state index contributed by atoms with van der Waals surface area (Å²) in [6, 6.07) is 0. The van der Waals surface area contributed by atoms with E-state index in [1.165, 1.54) is 0 Å². The van der Waals surface area contributed by atoms with Crippen LogP contribution in [-0.4, -0.2) is 16.3 Å². The van der Waals surface area contributed by atoms with Gasteiger partial charge < -0.3 is 5.73 Å².